The van der Waals surface area contributed by atoms with Crippen molar-refractivity contribution < 1.29 is 9.90 Å². The van der Waals surface area contributed by atoms with E-state index >= 15 is 0 Å². The Labute approximate surface area is 74.9 Å². The molecule has 0 bridgehead atoms. The topological polar surface area (TPSA) is 37.3 Å². The van der Waals surface area contributed by atoms with Gasteiger partial charge in [-0.1, -0.05) is 30.3 Å². The number of carbonyl (C=O) groups is 1. The van der Waals surface area contributed by atoms with Crippen LogP contribution in [0.5, 0.6) is 0 Å². The maximum absolute atomic E-state index is 10.1. The lowest BCUT2D eigenvalue weighted by Crippen LogP contribution is -1.76. The molecule has 3 heteroatoms. The molecule has 0 atom stereocenters. The smallest absolute Gasteiger partial charge is 0.369 e. The summed E-state index contributed by atoms with van der Waals surface area (Å²) in [6, 6.07) is 9.57. The molecule has 0 heterocycles. The first-order valence-electron chi connectivity index (χ1n) is 3.40. The van der Waals surface area contributed by atoms with E-state index in [1.54, 1.807) is 11.5 Å². The third kappa shape index (κ3) is 3.25. The van der Waals surface area contributed by atoms with E-state index in [-0.39, 0.29) is 0 Å². The van der Waals surface area contributed by atoms with E-state index < -0.39 is 5.30 Å². The molecule has 0 saturated heterocycles. The fourth-order valence-electron chi connectivity index (χ4n) is 0.735. The number of carboxylic acid groups (broad SMARTS) is 1. The number of thioether (sulfide) groups is 1. The van der Waals surface area contributed by atoms with Crippen molar-refractivity contribution in [2.45, 2.75) is 0 Å². The molecule has 0 aliphatic carbocycles. The molecule has 0 fully saturated rings. The standard InChI is InChI=1S/C9H8O2S/c10-9(11)12-7-6-8-4-2-1-3-5-8/h1-7H,(H,10,11). The van der Waals surface area contributed by atoms with E-state index in [2.05, 4.69) is 0 Å². The van der Waals surface area contributed by atoms with E-state index in [0.717, 1.165) is 17.3 Å². The quantitative estimate of drug-likeness (QED) is 0.760. The molecular formula is C9H8O2S. The molecule has 1 rings (SSSR count). The van der Waals surface area contributed by atoms with Crippen LogP contribution >= 0.6 is 11.8 Å². The SMILES string of the molecule is O=C(O)SC=Cc1ccccc1. The normalized spacial score (nSPS) is 10.3. The minimum absolute atomic E-state index is 0.762. The van der Waals surface area contributed by atoms with Crippen LogP contribution in [0.25, 0.3) is 6.08 Å². The van der Waals surface area contributed by atoms with Crippen molar-refractivity contribution in [3.8, 4) is 0 Å². The molecule has 12 heavy (non-hydrogen) atoms. The van der Waals surface area contributed by atoms with Crippen molar-refractivity contribution in [2.75, 3.05) is 0 Å². The summed E-state index contributed by atoms with van der Waals surface area (Å²) < 4.78 is 0. The third-order valence-corrected chi connectivity index (χ3v) is 1.70. The van der Waals surface area contributed by atoms with Crippen LogP contribution in [-0.4, -0.2) is 10.4 Å². The highest BCUT2D eigenvalue weighted by molar-refractivity contribution is 8.15. The Balaban J connectivity index is 2.52. The van der Waals surface area contributed by atoms with Gasteiger partial charge in [-0.3, -0.25) is 0 Å². The molecule has 0 spiro atoms. The van der Waals surface area contributed by atoms with Crippen LogP contribution in [0, 0.1) is 0 Å². The van der Waals surface area contributed by atoms with E-state index in [4.69, 9.17) is 5.11 Å². The Bertz CT molecular complexity index is 280. The Hall–Kier alpha value is -1.22. The lowest BCUT2D eigenvalue weighted by atomic mass is 10.2. The van der Waals surface area contributed by atoms with Gasteiger partial charge in [-0.15, -0.1) is 0 Å². The van der Waals surface area contributed by atoms with Gasteiger partial charge in [0, 0.05) is 0 Å². The minimum Gasteiger partial charge on any atom is -0.473 e. The summed E-state index contributed by atoms with van der Waals surface area (Å²) >= 11 is 0.762. The number of benzene rings is 1. The zero-order chi connectivity index (χ0) is 8.81. The first-order valence-corrected chi connectivity index (χ1v) is 4.28. The highest BCUT2D eigenvalue weighted by atomic mass is 32.2. The maximum atomic E-state index is 10.1. The zero-order valence-corrected chi connectivity index (χ0v) is 7.12. The van der Waals surface area contributed by atoms with Crippen molar-refractivity contribution in [1.29, 1.82) is 0 Å². The second-order valence-electron chi connectivity index (χ2n) is 2.10. The average molecular weight is 180 g/mol. The summed E-state index contributed by atoms with van der Waals surface area (Å²) in [7, 11) is 0. The fourth-order valence-corrected chi connectivity index (χ4v) is 1.08. The monoisotopic (exact) mass is 180 g/mol. The zero-order valence-electron chi connectivity index (χ0n) is 6.31. The van der Waals surface area contributed by atoms with Crippen LogP contribution in [0.4, 0.5) is 4.79 Å². The molecule has 62 valence electrons. The van der Waals surface area contributed by atoms with Gasteiger partial charge in [-0.05, 0) is 28.8 Å². The average Bonchev–Trinajstić information content (AvgIpc) is 2.05. The Kier molecular flexibility index (Phi) is 3.41. The van der Waals surface area contributed by atoms with Gasteiger partial charge in [0.05, 0.1) is 0 Å². The van der Waals surface area contributed by atoms with Gasteiger partial charge >= 0.3 is 5.30 Å². The molecule has 0 aliphatic rings. The van der Waals surface area contributed by atoms with Gasteiger partial charge in [-0.25, -0.2) is 4.79 Å². The number of rotatable bonds is 2. The molecular weight excluding hydrogens is 172 g/mol. The molecule has 1 aromatic carbocycles. The van der Waals surface area contributed by atoms with Crippen LogP contribution < -0.4 is 0 Å². The van der Waals surface area contributed by atoms with Crippen LogP contribution in [0.1, 0.15) is 5.56 Å². The maximum Gasteiger partial charge on any atom is 0.369 e. The molecule has 0 amide bonds. The second-order valence-corrected chi connectivity index (χ2v) is 2.95. The lowest BCUT2D eigenvalue weighted by Gasteiger charge is -1.88. The highest BCUT2D eigenvalue weighted by Crippen LogP contribution is 2.08. The first-order chi connectivity index (χ1) is 5.79. The van der Waals surface area contributed by atoms with Gasteiger partial charge in [-0.2, -0.15) is 0 Å². The van der Waals surface area contributed by atoms with Gasteiger partial charge in [0.25, 0.3) is 0 Å². The van der Waals surface area contributed by atoms with Gasteiger partial charge in [0.1, 0.15) is 0 Å². The molecule has 0 unspecified atom stereocenters. The van der Waals surface area contributed by atoms with Gasteiger partial charge in [0.15, 0.2) is 0 Å². The van der Waals surface area contributed by atoms with Crippen molar-refractivity contribution in [1.82, 2.24) is 0 Å². The predicted octanol–water partition coefficient (Wildman–Crippen LogP) is 3.07. The van der Waals surface area contributed by atoms with Crippen LogP contribution in [0.15, 0.2) is 35.7 Å². The van der Waals surface area contributed by atoms with Crippen LogP contribution in [-0.2, 0) is 0 Å². The van der Waals surface area contributed by atoms with Gasteiger partial charge < -0.3 is 5.11 Å². The third-order valence-electron chi connectivity index (χ3n) is 1.23. The second kappa shape index (κ2) is 4.62. The molecule has 2 nitrogen and oxygen atoms in total. The van der Waals surface area contributed by atoms with E-state index in [1.807, 2.05) is 30.3 Å². The Morgan fingerprint density at radius 2 is 2.00 bits per heavy atom. The minimum atomic E-state index is -0.887. The van der Waals surface area contributed by atoms with Crippen molar-refractivity contribution >= 4 is 23.1 Å². The fraction of sp³-hybridized carbons (Fsp3) is 0. The van der Waals surface area contributed by atoms with Gasteiger partial charge in [0.2, 0.25) is 0 Å². The molecule has 0 saturated carbocycles. The lowest BCUT2D eigenvalue weighted by molar-refractivity contribution is 0.222. The van der Waals surface area contributed by atoms with E-state index in [0.29, 0.717) is 0 Å². The molecule has 0 aliphatic heterocycles. The molecule has 1 aromatic rings. The molecule has 0 aromatic heterocycles. The number of hydrogen-bond acceptors (Lipinski definition) is 2. The number of hydrogen-bond donors (Lipinski definition) is 1. The molecule has 0 radical (unpaired) electrons. The van der Waals surface area contributed by atoms with Crippen molar-refractivity contribution in [3.63, 3.8) is 0 Å². The Morgan fingerprint density at radius 3 is 2.58 bits per heavy atom. The van der Waals surface area contributed by atoms with E-state index in [1.165, 1.54) is 0 Å². The highest BCUT2D eigenvalue weighted by Gasteiger charge is 1.89. The molecule has 1 N–H and O–H groups in total. The Morgan fingerprint density at radius 1 is 1.33 bits per heavy atom. The summed E-state index contributed by atoms with van der Waals surface area (Å²) in [5, 5.41) is 8.97. The summed E-state index contributed by atoms with van der Waals surface area (Å²) in [5.74, 6) is 0. The van der Waals surface area contributed by atoms with Crippen molar-refractivity contribution in [2.24, 2.45) is 0 Å². The summed E-state index contributed by atoms with van der Waals surface area (Å²) in [4.78, 5) is 10.1. The largest absolute Gasteiger partial charge is 0.473 e. The van der Waals surface area contributed by atoms with Crippen LogP contribution in [0.2, 0.25) is 0 Å². The predicted molar refractivity (Wildman–Crippen MR) is 51.1 cm³/mol. The summed E-state index contributed by atoms with van der Waals surface area (Å²) in [5.41, 5.74) is 1.01. The van der Waals surface area contributed by atoms with Crippen molar-refractivity contribution in [3.05, 3.63) is 41.3 Å². The van der Waals surface area contributed by atoms with E-state index in [9.17, 15) is 4.79 Å². The first kappa shape index (κ1) is 8.87. The summed E-state index contributed by atoms with van der Waals surface area (Å²) in [6.45, 7) is 0. The van der Waals surface area contributed by atoms with Crippen LogP contribution in [0.3, 0.4) is 0 Å². The summed E-state index contributed by atoms with van der Waals surface area (Å²) in [6.07, 6.45) is 1.76.